The van der Waals surface area contributed by atoms with Crippen LogP contribution < -0.4 is 5.73 Å². The molecule has 19 heavy (non-hydrogen) atoms. The second kappa shape index (κ2) is 5.03. The van der Waals surface area contributed by atoms with Crippen molar-refractivity contribution < 1.29 is 0 Å². The molecular weight excluding hydrogens is 236 g/mol. The van der Waals surface area contributed by atoms with E-state index < -0.39 is 0 Å². The zero-order valence-electron chi connectivity index (χ0n) is 11.3. The topological polar surface area (TPSA) is 56.7 Å². The molecule has 0 radical (unpaired) electrons. The van der Waals surface area contributed by atoms with Gasteiger partial charge >= 0.3 is 0 Å². The summed E-state index contributed by atoms with van der Waals surface area (Å²) in [6, 6.07) is 8.14. The van der Waals surface area contributed by atoms with Gasteiger partial charge in [-0.2, -0.15) is 0 Å². The Balaban J connectivity index is 1.77. The molecule has 0 fully saturated rings. The Morgan fingerprint density at radius 3 is 2.79 bits per heavy atom. The number of rotatable bonds is 3. The van der Waals surface area contributed by atoms with Crippen molar-refractivity contribution in [3.63, 3.8) is 0 Å². The third kappa shape index (κ3) is 2.48. The van der Waals surface area contributed by atoms with Crippen molar-refractivity contribution in [3.8, 4) is 0 Å². The third-order valence-corrected chi connectivity index (χ3v) is 3.93. The van der Waals surface area contributed by atoms with Crippen LogP contribution in [0.3, 0.4) is 0 Å². The number of aromatic nitrogens is 3. The number of fused-ring (bicyclic) bond motifs is 1. The van der Waals surface area contributed by atoms with E-state index in [4.69, 9.17) is 5.73 Å². The summed E-state index contributed by atoms with van der Waals surface area (Å²) in [5, 5.41) is 8.68. The first-order chi connectivity index (χ1) is 9.24. The van der Waals surface area contributed by atoms with Crippen molar-refractivity contribution in [2.75, 3.05) is 5.73 Å². The van der Waals surface area contributed by atoms with Gasteiger partial charge in [-0.25, -0.2) is 0 Å². The van der Waals surface area contributed by atoms with Gasteiger partial charge in [0, 0.05) is 25.1 Å². The van der Waals surface area contributed by atoms with Crippen LogP contribution in [0.25, 0.3) is 0 Å². The molecular formula is C15H20N4. The molecule has 100 valence electrons. The standard InChI is InChI=1S/C15H20N4/c1-11(12-5-7-13(16)8-6-12)10-15-18-17-14-4-2-3-9-19(14)15/h5-8,11H,2-4,9-10,16H2,1H3. The first-order valence-electron chi connectivity index (χ1n) is 7.00. The van der Waals surface area contributed by atoms with Crippen LogP contribution in [-0.4, -0.2) is 14.8 Å². The molecule has 1 aliphatic rings. The highest BCUT2D eigenvalue weighted by Crippen LogP contribution is 2.22. The van der Waals surface area contributed by atoms with E-state index in [1.54, 1.807) is 0 Å². The van der Waals surface area contributed by atoms with Gasteiger partial charge in [-0.05, 0) is 36.5 Å². The summed E-state index contributed by atoms with van der Waals surface area (Å²) in [6.45, 7) is 3.31. The number of aryl methyl sites for hydroxylation is 1. The molecule has 2 N–H and O–H groups in total. The van der Waals surface area contributed by atoms with Crippen LogP contribution in [0.2, 0.25) is 0 Å². The molecule has 3 rings (SSSR count). The van der Waals surface area contributed by atoms with Crippen molar-refractivity contribution in [2.45, 2.75) is 45.1 Å². The maximum Gasteiger partial charge on any atom is 0.133 e. The average molecular weight is 256 g/mol. The van der Waals surface area contributed by atoms with E-state index >= 15 is 0 Å². The summed E-state index contributed by atoms with van der Waals surface area (Å²) in [7, 11) is 0. The number of nitrogens with two attached hydrogens (primary N) is 1. The monoisotopic (exact) mass is 256 g/mol. The van der Waals surface area contributed by atoms with Crippen molar-refractivity contribution in [3.05, 3.63) is 41.5 Å². The molecule has 1 atom stereocenters. The molecule has 0 saturated carbocycles. The Labute approximate surface area is 113 Å². The zero-order chi connectivity index (χ0) is 13.2. The first-order valence-corrected chi connectivity index (χ1v) is 7.00. The first kappa shape index (κ1) is 12.2. The summed E-state index contributed by atoms with van der Waals surface area (Å²) in [4.78, 5) is 0. The van der Waals surface area contributed by atoms with Gasteiger partial charge in [0.05, 0.1) is 0 Å². The van der Waals surface area contributed by atoms with Crippen LogP contribution in [0.15, 0.2) is 24.3 Å². The predicted octanol–water partition coefficient (Wildman–Crippen LogP) is 2.54. The number of hydrogen-bond acceptors (Lipinski definition) is 3. The molecule has 4 nitrogen and oxygen atoms in total. The second-order valence-corrected chi connectivity index (χ2v) is 5.41. The molecule has 0 amide bonds. The van der Waals surface area contributed by atoms with Gasteiger partial charge in [0.2, 0.25) is 0 Å². The fourth-order valence-electron chi connectivity index (χ4n) is 2.74. The molecule has 0 spiro atoms. The van der Waals surface area contributed by atoms with Gasteiger partial charge in [-0.15, -0.1) is 10.2 Å². The molecule has 1 aliphatic heterocycles. The van der Waals surface area contributed by atoms with Crippen LogP contribution >= 0.6 is 0 Å². The molecule has 2 aromatic rings. The number of anilines is 1. The van der Waals surface area contributed by atoms with E-state index in [0.717, 1.165) is 36.7 Å². The Bertz CT molecular complexity index is 556. The molecule has 0 saturated heterocycles. The van der Waals surface area contributed by atoms with Crippen molar-refractivity contribution in [1.82, 2.24) is 14.8 Å². The smallest absolute Gasteiger partial charge is 0.133 e. The second-order valence-electron chi connectivity index (χ2n) is 5.41. The number of nitrogens with zero attached hydrogens (tertiary/aromatic N) is 3. The molecule has 1 unspecified atom stereocenters. The largest absolute Gasteiger partial charge is 0.399 e. The number of nitrogen functional groups attached to an aromatic ring is 1. The van der Waals surface area contributed by atoms with Crippen LogP contribution in [0.1, 0.15) is 42.9 Å². The van der Waals surface area contributed by atoms with E-state index in [9.17, 15) is 0 Å². The summed E-state index contributed by atoms with van der Waals surface area (Å²) in [5.41, 5.74) is 7.85. The van der Waals surface area contributed by atoms with E-state index in [2.05, 4.69) is 33.8 Å². The molecule has 2 heterocycles. The summed E-state index contributed by atoms with van der Waals surface area (Å²) in [5.74, 6) is 2.72. The van der Waals surface area contributed by atoms with Crippen molar-refractivity contribution in [1.29, 1.82) is 0 Å². The Hall–Kier alpha value is -1.84. The fraction of sp³-hybridized carbons (Fsp3) is 0.467. The molecule has 1 aromatic carbocycles. The van der Waals surface area contributed by atoms with Gasteiger partial charge in [-0.3, -0.25) is 0 Å². The van der Waals surface area contributed by atoms with Crippen molar-refractivity contribution >= 4 is 5.69 Å². The highest BCUT2D eigenvalue weighted by Gasteiger charge is 2.17. The van der Waals surface area contributed by atoms with Gasteiger partial charge in [0.1, 0.15) is 11.6 Å². The van der Waals surface area contributed by atoms with Gasteiger partial charge < -0.3 is 10.3 Å². The summed E-state index contributed by atoms with van der Waals surface area (Å²) < 4.78 is 2.30. The Morgan fingerprint density at radius 2 is 2.00 bits per heavy atom. The van der Waals surface area contributed by atoms with Gasteiger partial charge in [0.15, 0.2) is 0 Å². The lowest BCUT2D eigenvalue weighted by Gasteiger charge is -2.17. The predicted molar refractivity (Wildman–Crippen MR) is 75.9 cm³/mol. The Morgan fingerprint density at radius 1 is 1.21 bits per heavy atom. The quantitative estimate of drug-likeness (QED) is 0.859. The summed E-state index contributed by atoms with van der Waals surface area (Å²) in [6.07, 6.45) is 4.50. The van der Waals surface area contributed by atoms with Crippen molar-refractivity contribution in [2.24, 2.45) is 0 Å². The van der Waals surface area contributed by atoms with E-state index in [1.165, 1.54) is 18.4 Å². The lowest BCUT2D eigenvalue weighted by molar-refractivity contribution is 0.501. The highest BCUT2D eigenvalue weighted by molar-refractivity contribution is 5.40. The van der Waals surface area contributed by atoms with Crippen LogP contribution in [-0.2, 0) is 19.4 Å². The van der Waals surface area contributed by atoms with Gasteiger partial charge in [-0.1, -0.05) is 19.1 Å². The minimum Gasteiger partial charge on any atom is -0.399 e. The highest BCUT2D eigenvalue weighted by atomic mass is 15.3. The minimum atomic E-state index is 0.441. The lowest BCUT2D eigenvalue weighted by atomic mass is 9.97. The molecule has 0 aliphatic carbocycles. The van der Waals surface area contributed by atoms with Crippen LogP contribution in [0, 0.1) is 0 Å². The van der Waals surface area contributed by atoms with E-state index in [0.29, 0.717) is 5.92 Å². The van der Waals surface area contributed by atoms with E-state index in [-0.39, 0.29) is 0 Å². The van der Waals surface area contributed by atoms with Crippen LogP contribution in [0.4, 0.5) is 5.69 Å². The maximum absolute atomic E-state index is 5.73. The SMILES string of the molecule is CC(Cc1nnc2n1CCCC2)c1ccc(N)cc1. The van der Waals surface area contributed by atoms with E-state index in [1.807, 2.05) is 12.1 Å². The lowest BCUT2D eigenvalue weighted by Crippen LogP contribution is -2.14. The normalized spacial score (nSPS) is 16.1. The maximum atomic E-state index is 5.73. The summed E-state index contributed by atoms with van der Waals surface area (Å²) >= 11 is 0. The molecule has 4 heteroatoms. The minimum absolute atomic E-state index is 0.441. The third-order valence-electron chi connectivity index (χ3n) is 3.93. The van der Waals surface area contributed by atoms with Gasteiger partial charge in [0.25, 0.3) is 0 Å². The number of benzene rings is 1. The zero-order valence-corrected chi connectivity index (χ0v) is 11.3. The molecule has 1 aromatic heterocycles. The average Bonchev–Trinajstić information content (AvgIpc) is 2.83. The van der Waals surface area contributed by atoms with Crippen LogP contribution in [0.5, 0.6) is 0 Å². The molecule has 0 bridgehead atoms. The Kier molecular flexibility index (Phi) is 3.23. The fourth-order valence-corrected chi connectivity index (χ4v) is 2.74. The number of hydrogen-bond donors (Lipinski definition) is 1.